The van der Waals surface area contributed by atoms with Gasteiger partial charge in [-0.3, -0.25) is 19.5 Å². The first kappa shape index (κ1) is 24.1. The predicted molar refractivity (Wildman–Crippen MR) is 147 cm³/mol. The molecule has 0 saturated carbocycles. The topological polar surface area (TPSA) is 108 Å². The Morgan fingerprint density at radius 2 is 1.79 bits per heavy atom. The summed E-state index contributed by atoms with van der Waals surface area (Å²) in [4.78, 5) is 40.0. The third-order valence-electron chi connectivity index (χ3n) is 6.74. The Bertz CT molecular complexity index is 1690. The Hall–Kier alpha value is -5.24. The van der Waals surface area contributed by atoms with Gasteiger partial charge in [-0.15, -0.1) is 0 Å². The van der Waals surface area contributed by atoms with Crippen LogP contribution in [-0.2, 0) is 16.2 Å². The number of aliphatic hydroxyl groups is 1. The first-order valence-electron chi connectivity index (χ1n) is 12.4. The fraction of sp³-hybridized carbons (Fsp3) is 0.0968. The number of ketones is 1. The number of aliphatic hydroxyl groups excluding tert-OH is 1. The summed E-state index contributed by atoms with van der Waals surface area (Å²) < 4.78 is 5.97. The number of hydrogen-bond donors (Lipinski definition) is 2. The van der Waals surface area contributed by atoms with E-state index in [1.165, 1.54) is 4.90 Å². The number of amides is 1. The molecule has 3 heterocycles. The van der Waals surface area contributed by atoms with Crippen molar-refractivity contribution in [1.82, 2.24) is 15.0 Å². The van der Waals surface area contributed by atoms with E-state index in [0.717, 1.165) is 16.6 Å². The zero-order chi connectivity index (χ0) is 26.9. The summed E-state index contributed by atoms with van der Waals surface area (Å²) >= 11 is 0. The average Bonchev–Trinajstić information content (AvgIpc) is 3.51. The van der Waals surface area contributed by atoms with Crippen LogP contribution in [0.1, 0.15) is 28.3 Å². The van der Waals surface area contributed by atoms with Crippen LogP contribution in [0.25, 0.3) is 16.8 Å². The second kappa shape index (κ2) is 9.90. The second-order valence-electron chi connectivity index (χ2n) is 9.29. The quantitative estimate of drug-likeness (QED) is 0.176. The largest absolute Gasteiger partial charge is 0.507 e. The van der Waals surface area contributed by atoms with Crippen molar-refractivity contribution in [2.24, 2.45) is 0 Å². The lowest BCUT2D eigenvalue weighted by Crippen LogP contribution is -2.30. The molecular weight excluding hydrogens is 492 g/mol. The van der Waals surface area contributed by atoms with Gasteiger partial charge in [0, 0.05) is 18.0 Å². The van der Waals surface area contributed by atoms with Crippen LogP contribution in [-0.4, -0.2) is 31.7 Å². The predicted octanol–water partition coefficient (Wildman–Crippen LogP) is 5.47. The van der Waals surface area contributed by atoms with Gasteiger partial charge in [-0.05, 0) is 60.0 Å². The molecule has 2 aromatic heterocycles. The number of hydrogen-bond acceptors (Lipinski definition) is 6. The van der Waals surface area contributed by atoms with Gasteiger partial charge in [0.25, 0.3) is 5.78 Å². The number of rotatable bonds is 6. The second-order valence-corrected chi connectivity index (χ2v) is 9.29. The van der Waals surface area contributed by atoms with E-state index in [0.29, 0.717) is 29.0 Å². The summed E-state index contributed by atoms with van der Waals surface area (Å²) in [5, 5.41) is 11.5. The van der Waals surface area contributed by atoms with Gasteiger partial charge < -0.3 is 14.8 Å². The molecule has 3 aromatic carbocycles. The van der Waals surface area contributed by atoms with Crippen LogP contribution in [0.15, 0.2) is 103 Å². The molecule has 1 aliphatic heterocycles. The van der Waals surface area contributed by atoms with Gasteiger partial charge in [-0.2, -0.15) is 0 Å². The Labute approximate surface area is 224 Å². The van der Waals surface area contributed by atoms with E-state index >= 15 is 0 Å². The normalized spacial score (nSPS) is 16.6. The van der Waals surface area contributed by atoms with Crippen LogP contribution in [0.5, 0.6) is 5.75 Å². The molecule has 0 spiro atoms. The van der Waals surface area contributed by atoms with Crippen molar-refractivity contribution in [1.29, 1.82) is 0 Å². The number of carbonyl (C=O) groups is 2. The number of aromatic nitrogens is 3. The lowest BCUT2D eigenvalue weighted by Gasteiger charge is -2.22. The number of ether oxygens (including phenoxy) is 1. The smallest absolute Gasteiger partial charge is 0.302 e. The number of anilines is 1. The number of H-pyrrole nitrogens is 1. The molecule has 39 heavy (non-hydrogen) atoms. The minimum Gasteiger partial charge on any atom is -0.507 e. The molecular formula is C31H24N4O4. The average molecular weight is 517 g/mol. The van der Waals surface area contributed by atoms with Gasteiger partial charge in [0.05, 0.1) is 22.6 Å². The summed E-state index contributed by atoms with van der Waals surface area (Å²) in [7, 11) is 0. The van der Waals surface area contributed by atoms with Crippen molar-refractivity contribution in [2.75, 3.05) is 4.90 Å². The van der Waals surface area contributed by atoms with E-state index in [4.69, 9.17) is 4.74 Å². The highest BCUT2D eigenvalue weighted by atomic mass is 16.5. The standard InChI is InChI=1S/C31H24N4O4/c1-19-16-21(13-14-25(19)39-18-20-8-3-2-4-9-20)28(36)26-27(22-10-7-15-32-17-22)35(30(38)29(26)37)31-33-23-11-5-6-12-24(23)34-31/h2-17,27,36H,18H2,1H3,(H,33,34)/b28-26+. The molecule has 8 nitrogen and oxygen atoms in total. The maximum Gasteiger partial charge on any atom is 0.302 e. The highest BCUT2D eigenvalue weighted by molar-refractivity contribution is 6.51. The van der Waals surface area contributed by atoms with Crippen LogP contribution in [0.3, 0.4) is 0 Å². The first-order chi connectivity index (χ1) is 19.0. The minimum absolute atomic E-state index is 0.0363. The van der Waals surface area contributed by atoms with Crippen molar-refractivity contribution in [3.63, 3.8) is 0 Å². The van der Waals surface area contributed by atoms with E-state index in [9.17, 15) is 14.7 Å². The number of nitrogens with zero attached hydrogens (tertiary/aromatic N) is 3. The van der Waals surface area contributed by atoms with Gasteiger partial charge >= 0.3 is 5.91 Å². The van der Waals surface area contributed by atoms with Crippen molar-refractivity contribution >= 4 is 34.4 Å². The first-order valence-corrected chi connectivity index (χ1v) is 12.4. The summed E-state index contributed by atoms with van der Waals surface area (Å²) in [5.41, 5.74) is 4.12. The van der Waals surface area contributed by atoms with Crippen molar-refractivity contribution in [3.05, 3.63) is 125 Å². The van der Waals surface area contributed by atoms with Crippen LogP contribution >= 0.6 is 0 Å². The third kappa shape index (κ3) is 4.42. The summed E-state index contributed by atoms with van der Waals surface area (Å²) in [6.07, 6.45) is 3.18. The molecule has 0 radical (unpaired) electrons. The van der Waals surface area contributed by atoms with Crippen molar-refractivity contribution < 1.29 is 19.4 Å². The molecule has 6 rings (SSSR count). The summed E-state index contributed by atoms with van der Waals surface area (Å²) in [6.45, 7) is 2.26. The molecule has 5 aromatic rings. The van der Waals surface area contributed by atoms with Crippen molar-refractivity contribution in [2.45, 2.75) is 19.6 Å². The summed E-state index contributed by atoms with van der Waals surface area (Å²) in [6, 6.07) is 24.9. The number of benzene rings is 3. The molecule has 1 amide bonds. The Morgan fingerprint density at radius 3 is 2.54 bits per heavy atom. The SMILES string of the molecule is Cc1cc(/C(O)=C2\C(=O)C(=O)N(c3nc4ccccc4[nH]3)C2c2cccnc2)ccc1OCc1ccccc1. The minimum atomic E-state index is -0.923. The van der Waals surface area contributed by atoms with Crippen LogP contribution < -0.4 is 9.64 Å². The van der Waals surface area contributed by atoms with Gasteiger partial charge in [0.2, 0.25) is 5.95 Å². The zero-order valence-electron chi connectivity index (χ0n) is 21.0. The molecule has 1 unspecified atom stereocenters. The molecule has 1 aliphatic rings. The maximum absolute atomic E-state index is 13.4. The van der Waals surface area contributed by atoms with Gasteiger partial charge in [0.15, 0.2) is 0 Å². The number of pyridine rings is 1. The molecule has 0 aliphatic carbocycles. The van der Waals surface area contributed by atoms with Crippen LogP contribution in [0.4, 0.5) is 5.95 Å². The Morgan fingerprint density at radius 1 is 1.00 bits per heavy atom. The molecule has 1 atom stereocenters. The number of imidazole rings is 1. The molecule has 0 bridgehead atoms. The Kier molecular flexibility index (Phi) is 6.13. The highest BCUT2D eigenvalue weighted by Crippen LogP contribution is 2.41. The van der Waals surface area contributed by atoms with Gasteiger partial charge in [-0.25, -0.2) is 4.98 Å². The molecule has 1 saturated heterocycles. The number of aromatic amines is 1. The molecule has 1 fully saturated rings. The fourth-order valence-corrected chi connectivity index (χ4v) is 4.81. The van der Waals surface area contributed by atoms with Crippen LogP contribution in [0.2, 0.25) is 0 Å². The number of nitrogens with one attached hydrogen (secondary N) is 1. The Balaban J connectivity index is 1.41. The number of para-hydroxylation sites is 2. The van der Waals surface area contributed by atoms with E-state index in [-0.39, 0.29) is 17.3 Å². The van der Waals surface area contributed by atoms with Crippen molar-refractivity contribution in [3.8, 4) is 5.75 Å². The fourth-order valence-electron chi connectivity index (χ4n) is 4.81. The molecule has 192 valence electrons. The number of fused-ring (bicyclic) bond motifs is 1. The highest BCUT2D eigenvalue weighted by Gasteiger charge is 2.48. The maximum atomic E-state index is 13.4. The molecule has 2 N–H and O–H groups in total. The zero-order valence-corrected chi connectivity index (χ0v) is 21.0. The van der Waals surface area contributed by atoms with Gasteiger partial charge in [-0.1, -0.05) is 48.5 Å². The molecule has 8 heteroatoms. The van der Waals surface area contributed by atoms with Crippen LogP contribution in [0, 0.1) is 6.92 Å². The summed E-state index contributed by atoms with van der Waals surface area (Å²) in [5.74, 6) is -1.000. The monoisotopic (exact) mass is 516 g/mol. The number of carbonyl (C=O) groups excluding carboxylic acids is 2. The van der Waals surface area contributed by atoms with E-state index in [1.54, 1.807) is 42.7 Å². The lowest BCUT2D eigenvalue weighted by atomic mass is 9.96. The third-order valence-corrected chi connectivity index (χ3v) is 6.74. The van der Waals surface area contributed by atoms with E-state index in [2.05, 4.69) is 15.0 Å². The number of aryl methyl sites for hydroxylation is 1. The van der Waals surface area contributed by atoms with Gasteiger partial charge in [0.1, 0.15) is 18.1 Å². The van der Waals surface area contributed by atoms with E-state index < -0.39 is 17.7 Å². The van der Waals surface area contributed by atoms with E-state index in [1.807, 2.05) is 61.5 Å². The lowest BCUT2D eigenvalue weighted by molar-refractivity contribution is -0.132. The number of Topliss-reactive ketones (excluding diaryl/α,β-unsaturated/α-hetero) is 1.